The second-order valence-corrected chi connectivity index (χ2v) is 3.70. The summed E-state index contributed by atoms with van der Waals surface area (Å²) in [4.78, 5) is 11.0. The van der Waals surface area contributed by atoms with Crippen molar-refractivity contribution in [2.24, 2.45) is 5.10 Å². The fourth-order valence-corrected chi connectivity index (χ4v) is 1.46. The van der Waals surface area contributed by atoms with Crippen LogP contribution in [-0.2, 0) is 4.79 Å². The fourth-order valence-electron chi connectivity index (χ4n) is 1.46. The summed E-state index contributed by atoms with van der Waals surface area (Å²) < 4.78 is 5.55. The molecular weight excluding hydrogens is 242 g/mol. The van der Waals surface area contributed by atoms with E-state index in [0.717, 1.165) is 11.3 Å². The maximum Gasteiger partial charge on any atom is 0.254 e. The molecule has 0 aliphatic carbocycles. The summed E-state index contributed by atoms with van der Waals surface area (Å²) in [6.07, 6.45) is 1.17. The van der Waals surface area contributed by atoms with Crippen LogP contribution in [0.4, 0.5) is 0 Å². The van der Waals surface area contributed by atoms with Crippen molar-refractivity contribution >= 4 is 12.1 Å². The fraction of sp³-hybridized carbons (Fsp3) is 0.0714. The number of hydrazone groups is 1. The van der Waals surface area contributed by atoms with Gasteiger partial charge in [0.05, 0.1) is 12.3 Å². The summed E-state index contributed by atoms with van der Waals surface area (Å²) in [6, 6.07) is 15.0. The molecule has 0 unspecified atom stereocenters. The van der Waals surface area contributed by atoms with Gasteiger partial charge < -0.3 is 4.42 Å². The van der Waals surface area contributed by atoms with E-state index in [1.54, 1.807) is 12.1 Å². The standard InChI is InChI=1S/C14H11N3O2/c15-9-8-14(18)17-16-10-12-6-7-13(19-12)11-4-2-1-3-5-11/h1-7,10H,8H2,(H,17,18)/b16-10-. The zero-order valence-electron chi connectivity index (χ0n) is 10.0. The number of amides is 1. The minimum atomic E-state index is -0.450. The van der Waals surface area contributed by atoms with Crippen LogP contribution in [0.5, 0.6) is 0 Å². The monoisotopic (exact) mass is 253 g/mol. The summed E-state index contributed by atoms with van der Waals surface area (Å²) in [5.74, 6) is 0.801. The predicted octanol–water partition coefficient (Wildman–Crippen LogP) is 2.31. The lowest BCUT2D eigenvalue weighted by molar-refractivity contribution is -0.120. The number of nitriles is 1. The van der Waals surface area contributed by atoms with E-state index < -0.39 is 5.91 Å². The van der Waals surface area contributed by atoms with Crippen molar-refractivity contribution in [1.29, 1.82) is 5.26 Å². The van der Waals surface area contributed by atoms with E-state index in [4.69, 9.17) is 9.68 Å². The van der Waals surface area contributed by atoms with Crippen LogP contribution in [-0.4, -0.2) is 12.1 Å². The first-order chi connectivity index (χ1) is 9.29. The molecule has 0 spiro atoms. The topological polar surface area (TPSA) is 78.4 Å². The molecule has 0 saturated heterocycles. The Morgan fingerprint density at radius 1 is 1.32 bits per heavy atom. The van der Waals surface area contributed by atoms with Crippen molar-refractivity contribution in [3.63, 3.8) is 0 Å². The first-order valence-electron chi connectivity index (χ1n) is 5.63. The molecule has 2 rings (SSSR count). The highest BCUT2D eigenvalue weighted by Crippen LogP contribution is 2.20. The lowest BCUT2D eigenvalue weighted by Crippen LogP contribution is -2.15. The van der Waals surface area contributed by atoms with Gasteiger partial charge in [0.1, 0.15) is 17.9 Å². The van der Waals surface area contributed by atoms with Gasteiger partial charge in [0.15, 0.2) is 0 Å². The number of carbonyl (C=O) groups is 1. The van der Waals surface area contributed by atoms with Crippen LogP contribution < -0.4 is 5.43 Å². The number of furan rings is 1. The number of carbonyl (C=O) groups excluding carboxylic acids is 1. The lowest BCUT2D eigenvalue weighted by atomic mass is 10.2. The van der Waals surface area contributed by atoms with Gasteiger partial charge in [-0.3, -0.25) is 4.79 Å². The molecule has 1 N–H and O–H groups in total. The molecule has 1 heterocycles. The SMILES string of the molecule is N#CCC(=O)N/N=C\c1ccc(-c2ccccc2)o1. The van der Waals surface area contributed by atoms with Gasteiger partial charge in [0, 0.05) is 5.56 Å². The van der Waals surface area contributed by atoms with E-state index in [1.165, 1.54) is 6.21 Å². The Balaban J connectivity index is 2.00. The van der Waals surface area contributed by atoms with E-state index in [0.29, 0.717) is 5.76 Å². The molecule has 0 fully saturated rings. The van der Waals surface area contributed by atoms with Crippen LogP contribution in [0.3, 0.4) is 0 Å². The highest BCUT2D eigenvalue weighted by Gasteiger charge is 2.02. The number of nitrogens with one attached hydrogen (secondary N) is 1. The van der Waals surface area contributed by atoms with Crippen molar-refractivity contribution in [3.8, 4) is 17.4 Å². The Labute approximate surface area is 110 Å². The number of rotatable bonds is 4. The first kappa shape index (κ1) is 12.6. The van der Waals surface area contributed by atoms with Crippen molar-refractivity contribution in [2.45, 2.75) is 6.42 Å². The molecule has 1 aromatic heterocycles. The number of hydrogen-bond acceptors (Lipinski definition) is 4. The normalized spacial score (nSPS) is 10.3. The maximum atomic E-state index is 11.0. The van der Waals surface area contributed by atoms with Crippen LogP contribution in [0.1, 0.15) is 12.2 Å². The Hall–Kier alpha value is -2.87. The van der Waals surface area contributed by atoms with Crippen molar-refractivity contribution in [1.82, 2.24) is 5.43 Å². The summed E-state index contributed by atoms with van der Waals surface area (Å²) in [5, 5.41) is 12.0. The molecule has 5 nitrogen and oxygen atoms in total. The molecule has 0 saturated carbocycles. The van der Waals surface area contributed by atoms with E-state index in [9.17, 15) is 4.79 Å². The molecule has 0 radical (unpaired) electrons. The average molecular weight is 253 g/mol. The maximum absolute atomic E-state index is 11.0. The molecule has 0 aliphatic heterocycles. The third-order valence-corrected chi connectivity index (χ3v) is 2.31. The number of hydrogen-bond donors (Lipinski definition) is 1. The first-order valence-corrected chi connectivity index (χ1v) is 5.63. The van der Waals surface area contributed by atoms with Gasteiger partial charge in [-0.2, -0.15) is 10.4 Å². The van der Waals surface area contributed by atoms with Crippen molar-refractivity contribution in [2.75, 3.05) is 0 Å². The largest absolute Gasteiger partial charge is 0.455 e. The zero-order valence-corrected chi connectivity index (χ0v) is 10.0. The molecule has 94 valence electrons. The molecular formula is C14H11N3O2. The smallest absolute Gasteiger partial charge is 0.254 e. The molecule has 0 atom stereocenters. The lowest BCUT2D eigenvalue weighted by Gasteiger charge is -1.94. The molecule has 0 bridgehead atoms. The minimum Gasteiger partial charge on any atom is -0.455 e. The number of nitrogens with zero attached hydrogens (tertiary/aromatic N) is 2. The highest BCUT2D eigenvalue weighted by molar-refractivity contribution is 5.81. The summed E-state index contributed by atoms with van der Waals surface area (Å²) in [7, 11) is 0. The van der Waals surface area contributed by atoms with Gasteiger partial charge in [-0.05, 0) is 12.1 Å². The second kappa shape index (κ2) is 6.17. The highest BCUT2D eigenvalue weighted by atomic mass is 16.3. The Bertz CT molecular complexity index is 624. The number of benzene rings is 1. The Morgan fingerprint density at radius 2 is 2.11 bits per heavy atom. The van der Waals surface area contributed by atoms with E-state index in [-0.39, 0.29) is 6.42 Å². The van der Waals surface area contributed by atoms with Crippen LogP contribution in [0.15, 0.2) is 52.0 Å². The third-order valence-electron chi connectivity index (χ3n) is 2.31. The molecule has 5 heteroatoms. The predicted molar refractivity (Wildman–Crippen MR) is 70.1 cm³/mol. The molecule has 1 aromatic carbocycles. The summed E-state index contributed by atoms with van der Waals surface area (Å²) in [5.41, 5.74) is 3.20. The quantitative estimate of drug-likeness (QED) is 0.670. The van der Waals surface area contributed by atoms with Gasteiger partial charge in [-0.15, -0.1) is 0 Å². The van der Waals surface area contributed by atoms with Crippen molar-refractivity contribution in [3.05, 3.63) is 48.2 Å². The van der Waals surface area contributed by atoms with Crippen LogP contribution >= 0.6 is 0 Å². The van der Waals surface area contributed by atoms with Gasteiger partial charge in [0.2, 0.25) is 0 Å². The van der Waals surface area contributed by atoms with Gasteiger partial charge in [-0.1, -0.05) is 30.3 Å². The van der Waals surface area contributed by atoms with Gasteiger partial charge in [-0.25, -0.2) is 5.43 Å². The zero-order chi connectivity index (χ0) is 13.5. The van der Waals surface area contributed by atoms with E-state index >= 15 is 0 Å². The molecule has 1 amide bonds. The Morgan fingerprint density at radius 3 is 2.84 bits per heavy atom. The Kier molecular flexibility index (Phi) is 4.09. The van der Waals surface area contributed by atoms with E-state index in [1.807, 2.05) is 36.4 Å². The second-order valence-electron chi connectivity index (χ2n) is 3.70. The van der Waals surface area contributed by atoms with Crippen LogP contribution in [0.25, 0.3) is 11.3 Å². The van der Waals surface area contributed by atoms with Crippen LogP contribution in [0, 0.1) is 11.3 Å². The molecule has 19 heavy (non-hydrogen) atoms. The average Bonchev–Trinajstić information content (AvgIpc) is 2.89. The van der Waals surface area contributed by atoms with E-state index in [2.05, 4.69) is 10.5 Å². The third kappa shape index (κ3) is 3.54. The summed E-state index contributed by atoms with van der Waals surface area (Å²) in [6.45, 7) is 0. The van der Waals surface area contributed by atoms with Crippen LogP contribution in [0.2, 0.25) is 0 Å². The molecule has 0 aliphatic rings. The molecule has 2 aromatic rings. The van der Waals surface area contributed by atoms with Gasteiger partial charge in [0.25, 0.3) is 5.91 Å². The van der Waals surface area contributed by atoms with Crippen molar-refractivity contribution < 1.29 is 9.21 Å². The summed E-state index contributed by atoms with van der Waals surface area (Å²) >= 11 is 0. The van der Waals surface area contributed by atoms with Gasteiger partial charge >= 0.3 is 0 Å². The minimum absolute atomic E-state index is 0.217.